The molecule has 1 aromatic rings. The van der Waals surface area contributed by atoms with Crippen LogP contribution in [0.2, 0.25) is 0 Å². The first-order valence-electron chi connectivity index (χ1n) is 6.62. The zero-order valence-corrected chi connectivity index (χ0v) is 12.2. The van der Waals surface area contributed by atoms with Gasteiger partial charge in [-0.25, -0.2) is 9.98 Å². The standard InChI is InChI=1S/C13H24N4O2/c1-5-14-13(15-6-9(2)8-18)16-7-12-17-10(3)11(4)19-12/h9,18H,5-8H2,1-4H3,(H2,14,15,16). The third kappa shape index (κ3) is 5.30. The number of aromatic nitrogens is 1. The van der Waals surface area contributed by atoms with Crippen LogP contribution in [0.4, 0.5) is 0 Å². The van der Waals surface area contributed by atoms with Crippen molar-refractivity contribution in [3.63, 3.8) is 0 Å². The minimum atomic E-state index is 0.157. The van der Waals surface area contributed by atoms with Crippen LogP contribution < -0.4 is 10.6 Å². The second-order valence-electron chi connectivity index (χ2n) is 4.61. The summed E-state index contributed by atoms with van der Waals surface area (Å²) >= 11 is 0. The van der Waals surface area contributed by atoms with Gasteiger partial charge < -0.3 is 20.2 Å². The van der Waals surface area contributed by atoms with Crippen molar-refractivity contribution in [2.75, 3.05) is 19.7 Å². The van der Waals surface area contributed by atoms with Gasteiger partial charge in [0.15, 0.2) is 5.96 Å². The summed E-state index contributed by atoms with van der Waals surface area (Å²) in [5.41, 5.74) is 0.900. The Labute approximate surface area is 114 Å². The van der Waals surface area contributed by atoms with Crippen LogP contribution in [0.1, 0.15) is 31.2 Å². The number of aryl methyl sites for hydroxylation is 2. The topological polar surface area (TPSA) is 82.7 Å². The first-order valence-corrected chi connectivity index (χ1v) is 6.62. The van der Waals surface area contributed by atoms with Gasteiger partial charge in [-0.1, -0.05) is 6.92 Å². The summed E-state index contributed by atoms with van der Waals surface area (Å²) in [6, 6.07) is 0. The van der Waals surface area contributed by atoms with Crippen LogP contribution >= 0.6 is 0 Å². The predicted octanol–water partition coefficient (Wildman–Crippen LogP) is 0.975. The summed E-state index contributed by atoms with van der Waals surface area (Å²) in [6.07, 6.45) is 0. The maximum atomic E-state index is 8.99. The minimum Gasteiger partial charge on any atom is -0.444 e. The fourth-order valence-electron chi connectivity index (χ4n) is 1.43. The van der Waals surface area contributed by atoms with Crippen LogP contribution in [0, 0.1) is 19.8 Å². The van der Waals surface area contributed by atoms with E-state index in [1.54, 1.807) is 0 Å². The van der Waals surface area contributed by atoms with Gasteiger partial charge in [0.2, 0.25) is 5.89 Å². The molecule has 0 aromatic carbocycles. The monoisotopic (exact) mass is 268 g/mol. The average molecular weight is 268 g/mol. The number of nitrogens with one attached hydrogen (secondary N) is 2. The number of rotatable bonds is 6. The number of nitrogens with zero attached hydrogens (tertiary/aromatic N) is 2. The maximum Gasteiger partial charge on any atom is 0.216 e. The van der Waals surface area contributed by atoms with Gasteiger partial charge in [0, 0.05) is 19.7 Å². The number of hydrogen-bond acceptors (Lipinski definition) is 4. The normalized spacial score (nSPS) is 13.4. The summed E-state index contributed by atoms with van der Waals surface area (Å²) in [6.45, 7) is 9.79. The van der Waals surface area contributed by atoms with Crippen molar-refractivity contribution in [2.24, 2.45) is 10.9 Å². The second-order valence-corrected chi connectivity index (χ2v) is 4.61. The molecule has 0 aliphatic rings. The van der Waals surface area contributed by atoms with E-state index in [1.165, 1.54) is 0 Å². The van der Waals surface area contributed by atoms with Gasteiger partial charge in [0.05, 0.1) is 5.69 Å². The van der Waals surface area contributed by atoms with E-state index < -0.39 is 0 Å². The molecule has 0 amide bonds. The summed E-state index contributed by atoms with van der Waals surface area (Å²) in [5.74, 6) is 2.34. The van der Waals surface area contributed by atoms with Crippen molar-refractivity contribution >= 4 is 5.96 Å². The molecule has 0 spiro atoms. The molecule has 0 aliphatic heterocycles. The fourth-order valence-corrected chi connectivity index (χ4v) is 1.43. The first-order chi connectivity index (χ1) is 9.06. The zero-order chi connectivity index (χ0) is 14.3. The number of aliphatic hydroxyl groups excluding tert-OH is 1. The van der Waals surface area contributed by atoms with E-state index in [0.29, 0.717) is 24.9 Å². The van der Waals surface area contributed by atoms with Gasteiger partial charge >= 0.3 is 0 Å². The van der Waals surface area contributed by atoms with Gasteiger partial charge in [-0.15, -0.1) is 0 Å². The Hall–Kier alpha value is -1.56. The highest BCUT2D eigenvalue weighted by atomic mass is 16.4. The molecule has 0 saturated heterocycles. The van der Waals surface area contributed by atoms with Crippen molar-refractivity contribution in [1.29, 1.82) is 0 Å². The van der Waals surface area contributed by atoms with Crippen LogP contribution in [0.5, 0.6) is 0 Å². The summed E-state index contributed by atoms with van der Waals surface area (Å²) in [7, 11) is 0. The van der Waals surface area contributed by atoms with Crippen molar-refractivity contribution in [3.8, 4) is 0 Å². The number of hydrogen-bond donors (Lipinski definition) is 3. The molecule has 1 aromatic heterocycles. The molecule has 1 rings (SSSR count). The number of guanidine groups is 1. The molecule has 0 aliphatic carbocycles. The molecule has 19 heavy (non-hydrogen) atoms. The molecule has 0 saturated carbocycles. The van der Waals surface area contributed by atoms with Gasteiger partial charge in [0.25, 0.3) is 0 Å². The van der Waals surface area contributed by atoms with Gasteiger partial charge in [-0.05, 0) is 26.7 Å². The minimum absolute atomic E-state index is 0.157. The Balaban J connectivity index is 2.56. The van der Waals surface area contributed by atoms with E-state index in [-0.39, 0.29) is 12.5 Å². The highest BCUT2D eigenvalue weighted by Crippen LogP contribution is 2.08. The van der Waals surface area contributed by atoms with Crippen LogP contribution in [0.25, 0.3) is 0 Å². The van der Waals surface area contributed by atoms with Crippen LogP contribution in [0.15, 0.2) is 9.41 Å². The summed E-state index contributed by atoms with van der Waals surface area (Å²) in [5, 5.41) is 15.3. The SMILES string of the molecule is CCNC(=NCc1nc(C)c(C)o1)NCC(C)CO. The Morgan fingerprint density at radius 2 is 2.16 bits per heavy atom. The molecular weight excluding hydrogens is 244 g/mol. The second kappa shape index (κ2) is 7.78. The van der Waals surface area contributed by atoms with Crippen molar-refractivity contribution in [1.82, 2.24) is 15.6 Å². The smallest absolute Gasteiger partial charge is 0.216 e. The number of aliphatic imine (C=N–C) groups is 1. The number of aliphatic hydroxyl groups is 1. The number of oxazole rings is 1. The predicted molar refractivity (Wildman–Crippen MR) is 75.0 cm³/mol. The molecule has 3 N–H and O–H groups in total. The molecule has 6 heteroatoms. The largest absolute Gasteiger partial charge is 0.444 e. The van der Waals surface area contributed by atoms with E-state index >= 15 is 0 Å². The maximum absolute atomic E-state index is 8.99. The zero-order valence-electron chi connectivity index (χ0n) is 12.2. The summed E-state index contributed by atoms with van der Waals surface area (Å²) in [4.78, 5) is 8.69. The third-order valence-electron chi connectivity index (χ3n) is 2.72. The third-order valence-corrected chi connectivity index (χ3v) is 2.72. The fraction of sp³-hybridized carbons (Fsp3) is 0.692. The van der Waals surface area contributed by atoms with E-state index in [0.717, 1.165) is 18.0 Å². The quantitative estimate of drug-likeness (QED) is 0.529. The Morgan fingerprint density at radius 1 is 1.42 bits per heavy atom. The molecule has 0 radical (unpaired) electrons. The van der Waals surface area contributed by atoms with E-state index in [2.05, 4.69) is 20.6 Å². The van der Waals surface area contributed by atoms with Crippen LogP contribution in [-0.2, 0) is 6.54 Å². The van der Waals surface area contributed by atoms with Crippen LogP contribution in [0.3, 0.4) is 0 Å². The van der Waals surface area contributed by atoms with Gasteiger partial charge in [0.1, 0.15) is 12.3 Å². The van der Waals surface area contributed by atoms with E-state index in [4.69, 9.17) is 9.52 Å². The first kappa shape index (κ1) is 15.5. The lowest BCUT2D eigenvalue weighted by Gasteiger charge is -2.13. The lowest BCUT2D eigenvalue weighted by molar-refractivity contribution is 0.238. The van der Waals surface area contributed by atoms with Crippen molar-refractivity contribution in [3.05, 3.63) is 17.3 Å². The average Bonchev–Trinajstić information content (AvgIpc) is 2.71. The molecular formula is C13H24N4O2. The molecule has 1 heterocycles. The molecule has 108 valence electrons. The van der Waals surface area contributed by atoms with Gasteiger partial charge in [-0.3, -0.25) is 0 Å². The van der Waals surface area contributed by atoms with Crippen molar-refractivity contribution < 1.29 is 9.52 Å². The highest BCUT2D eigenvalue weighted by molar-refractivity contribution is 5.79. The molecule has 6 nitrogen and oxygen atoms in total. The highest BCUT2D eigenvalue weighted by Gasteiger charge is 2.06. The molecule has 0 bridgehead atoms. The van der Waals surface area contributed by atoms with E-state index in [9.17, 15) is 0 Å². The summed E-state index contributed by atoms with van der Waals surface area (Å²) < 4.78 is 5.48. The molecule has 1 atom stereocenters. The Kier molecular flexibility index (Phi) is 6.35. The Morgan fingerprint density at radius 3 is 2.68 bits per heavy atom. The molecule has 0 fully saturated rings. The van der Waals surface area contributed by atoms with E-state index in [1.807, 2.05) is 27.7 Å². The van der Waals surface area contributed by atoms with Crippen molar-refractivity contribution in [2.45, 2.75) is 34.2 Å². The molecule has 1 unspecified atom stereocenters. The van der Waals surface area contributed by atoms with Crippen LogP contribution in [-0.4, -0.2) is 35.7 Å². The van der Waals surface area contributed by atoms with Gasteiger partial charge in [-0.2, -0.15) is 0 Å². The lowest BCUT2D eigenvalue weighted by Crippen LogP contribution is -2.39. The lowest BCUT2D eigenvalue weighted by atomic mass is 10.2. The Bertz CT molecular complexity index is 395.